The molecule has 0 bridgehead atoms. The third kappa shape index (κ3) is 10.2. The van der Waals surface area contributed by atoms with Crippen LogP contribution in [-0.4, -0.2) is 0 Å². The lowest BCUT2D eigenvalue weighted by molar-refractivity contribution is 0.668. The van der Waals surface area contributed by atoms with Gasteiger partial charge in [0.15, 0.2) is 0 Å². The molecule has 0 aliphatic carbocycles. The minimum atomic E-state index is -0.784. The molecule has 3 nitrogen and oxygen atoms in total. The molecule has 105 heavy (non-hydrogen) atoms. The first-order valence-electron chi connectivity index (χ1n) is 52.7. The fourth-order valence-electron chi connectivity index (χ4n) is 14.3. The van der Waals surface area contributed by atoms with Crippen LogP contribution in [0.5, 0.6) is 0 Å². The van der Waals surface area contributed by atoms with E-state index in [0.717, 1.165) is 11.1 Å². The van der Waals surface area contributed by atoms with Gasteiger partial charge in [0.1, 0.15) is 33.5 Å². The van der Waals surface area contributed by atoms with E-state index in [4.69, 9.17) is 62.6 Å². The summed E-state index contributed by atoms with van der Waals surface area (Å²) in [7, 11) is 0. The molecule has 0 N–H and O–H groups in total. The summed E-state index contributed by atoms with van der Waals surface area (Å²) in [6.45, 7) is 0. The number of furan rings is 3. The molecule has 0 unspecified atom stereocenters. The summed E-state index contributed by atoms with van der Waals surface area (Å²) >= 11 is 0. The van der Waals surface area contributed by atoms with Crippen LogP contribution in [0.1, 0.15) is 54.8 Å². The third-order valence-electron chi connectivity index (χ3n) is 18.5. The minimum Gasteiger partial charge on any atom is -0.456 e. The van der Waals surface area contributed by atoms with Gasteiger partial charge in [-0.3, -0.25) is 0 Å². The number of hydrogen-bond acceptors (Lipinski definition) is 3. The maximum absolute atomic E-state index is 9.27. The molecule has 0 radical (unpaired) electrons. The van der Waals surface area contributed by atoms with Crippen LogP contribution >= 0.6 is 0 Å². The maximum atomic E-state index is 9.27. The van der Waals surface area contributed by atoms with Crippen molar-refractivity contribution >= 4 is 130 Å². The van der Waals surface area contributed by atoms with Gasteiger partial charge in [0.05, 0.1) is 54.8 Å². The lowest BCUT2D eigenvalue weighted by atomic mass is 9.85. The summed E-state index contributed by atoms with van der Waals surface area (Å²) in [5.74, 6) is 0. The molecule has 3 aromatic heterocycles. The summed E-state index contributed by atoms with van der Waals surface area (Å²) in [6, 6.07) is 17.1. The van der Waals surface area contributed by atoms with Gasteiger partial charge in [-0.1, -0.05) is 357 Å². The SMILES string of the molecule is [2H]c1c([2H])c(-c2c3c([2H])c([2H])c([2H])c([2H])c3c(-c3ccccc3)c3c([2H])c([2H])c([2H])c([2H])c23)c2c(oc3ccccc32)c1[2H].[2H]c1c([2H])c([2H])c(-c2c3c([2H])c([2H])c([2H])c([2H])c3c(-c3c([2H])c([2H])c([2H])c4oc5ccccc5c34)c3c([2H])c([2H])c([2H])c([2H])c23)c([2H])c1[2H].[2H]c1c([2H])c([2H])c(-c2c3c([2H])c([2H])c([2H])c([2H])c3c(-c3cccc4oc5c(-c6ccccc6)cccc5c34)c3c([2H])c([2H])c([2H])c([2H])c23)c([2H])c1[2H]. The molecule has 0 saturated carbocycles. The summed E-state index contributed by atoms with van der Waals surface area (Å²) in [4.78, 5) is 0. The van der Waals surface area contributed by atoms with Gasteiger partial charge in [0.2, 0.25) is 0 Å². The molecule has 0 atom stereocenters. The molecule has 490 valence electrons. The number of hydrogen-bond donors (Lipinski definition) is 0. The predicted octanol–water partition coefficient (Wildman–Crippen LogP) is 29.3. The first-order chi connectivity index (χ1) is 68.8. The van der Waals surface area contributed by atoms with Crippen molar-refractivity contribution in [3.05, 3.63) is 387 Å². The van der Waals surface area contributed by atoms with E-state index in [1.165, 1.54) is 0 Å². The van der Waals surface area contributed by atoms with Crippen LogP contribution in [0.25, 0.3) is 208 Å². The fourth-order valence-corrected chi connectivity index (χ4v) is 14.3. The van der Waals surface area contributed by atoms with E-state index in [9.17, 15) is 5.48 Å². The maximum Gasteiger partial charge on any atom is 0.143 e. The Balaban J connectivity index is 0.000000133. The molecular weight excluding hydrogens is 1270 g/mol. The van der Waals surface area contributed by atoms with E-state index in [2.05, 4.69) is 0 Å². The molecule has 22 rings (SSSR count). The molecule has 0 aliphatic heterocycles. The third-order valence-corrected chi connectivity index (χ3v) is 18.5. The van der Waals surface area contributed by atoms with E-state index >= 15 is 0 Å². The highest BCUT2D eigenvalue weighted by molar-refractivity contribution is 6.29. The molecule has 0 aliphatic rings. The van der Waals surface area contributed by atoms with Crippen molar-refractivity contribution < 1.29 is 68.1 Å². The summed E-state index contributed by atoms with van der Waals surface area (Å²) in [5, 5.41) is -0.234. The van der Waals surface area contributed by atoms with E-state index < -0.39 is 263 Å². The van der Waals surface area contributed by atoms with Gasteiger partial charge in [0.25, 0.3) is 0 Å². The monoisotopic (exact) mass is 1380 g/mol. The van der Waals surface area contributed by atoms with Crippen molar-refractivity contribution in [3.63, 3.8) is 0 Å². The molecule has 0 spiro atoms. The van der Waals surface area contributed by atoms with E-state index in [0.29, 0.717) is 49.4 Å². The number of fused-ring (bicyclic) bond motifs is 15. The molecule has 3 heterocycles. The lowest BCUT2D eigenvalue weighted by Crippen LogP contribution is -1.91. The van der Waals surface area contributed by atoms with Crippen LogP contribution in [0.3, 0.4) is 0 Å². The molecule has 0 fully saturated rings. The van der Waals surface area contributed by atoms with Gasteiger partial charge in [-0.25, -0.2) is 0 Å². The predicted molar refractivity (Wildman–Crippen MR) is 444 cm³/mol. The molecule has 0 amide bonds. The molecule has 0 saturated heterocycles. The summed E-state index contributed by atoms with van der Waals surface area (Å²) in [5.41, 5.74) is 1.77. The zero-order valence-electron chi connectivity index (χ0n) is 94.1. The van der Waals surface area contributed by atoms with Crippen molar-refractivity contribution in [3.8, 4) is 77.9 Å². The summed E-state index contributed by atoms with van der Waals surface area (Å²) in [6.07, 6.45) is 0. The largest absolute Gasteiger partial charge is 0.456 e. The Morgan fingerprint density at radius 1 is 0.162 bits per heavy atom. The van der Waals surface area contributed by atoms with Crippen LogP contribution < -0.4 is 0 Å². The highest BCUT2D eigenvalue weighted by Crippen LogP contribution is 2.51. The van der Waals surface area contributed by atoms with Crippen molar-refractivity contribution in [1.29, 1.82) is 0 Å². The van der Waals surface area contributed by atoms with E-state index in [-0.39, 0.29) is 126 Å². The lowest BCUT2D eigenvalue weighted by Gasteiger charge is -2.18. The van der Waals surface area contributed by atoms with Gasteiger partial charge in [-0.2, -0.15) is 0 Å². The number of benzene rings is 19. The van der Waals surface area contributed by atoms with Gasteiger partial charge in [-0.15, -0.1) is 0 Å². The molecule has 3 heteroatoms. The van der Waals surface area contributed by atoms with Crippen molar-refractivity contribution in [2.24, 2.45) is 0 Å². The number of rotatable bonds is 7. The highest BCUT2D eigenvalue weighted by Gasteiger charge is 2.25. The highest BCUT2D eigenvalue weighted by atomic mass is 16.3. The van der Waals surface area contributed by atoms with Crippen molar-refractivity contribution in [2.75, 3.05) is 0 Å². The topological polar surface area (TPSA) is 39.4 Å². The molecule has 19 aromatic carbocycles. The smallest absolute Gasteiger partial charge is 0.143 e. The zero-order valence-corrected chi connectivity index (χ0v) is 54.1. The Labute approximate surface area is 662 Å². The van der Waals surface area contributed by atoms with Gasteiger partial charge in [-0.05, 0) is 167 Å². The standard InChI is InChI=1S/C38H24O.2C32H20O/c1-3-13-25(14-4-1)27-21-11-23-33-37-32(22-12-24-34(37)39-38(27)33)36-30-19-9-7-17-28(30)35(26-15-5-2-6-16-26)29-18-8-10-20-31(29)36;2*1-2-11-21(12-3-1)30-22-13-4-6-15-24(22)31(25-16-7-5-14-23(25)30)27-18-10-20-29-32(27)26-17-8-9-19-28(26)33-29/h1-24H;2*1-20H/i2D,5D,6D,7D,8D,9D,10D,15D,16D,17D,18D,19D,20D;1D,2D,3D,4D,5D,6D,7D,10D,11D,12D,13D,14D,15D,16D,18D,20D;4D,5D,6D,7D,10D,13D,14D,15D,16D,18D,20D. The van der Waals surface area contributed by atoms with Crippen LogP contribution in [0.4, 0.5) is 0 Å². The van der Waals surface area contributed by atoms with Crippen LogP contribution in [-0.2, 0) is 0 Å². The Bertz CT molecular complexity index is 9390. The fraction of sp³-hybridized carbons (Fsp3) is 0. The average Bonchev–Trinajstić information content (AvgIpc) is 1.45. The Morgan fingerprint density at radius 2 is 0.467 bits per heavy atom. The first-order valence-corrected chi connectivity index (χ1v) is 32.7. The Hall–Kier alpha value is -13.9. The molecule has 22 aromatic rings. The summed E-state index contributed by atoms with van der Waals surface area (Å²) < 4.78 is 370. The average molecular weight is 1380 g/mol. The van der Waals surface area contributed by atoms with Gasteiger partial charge >= 0.3 is 0 Å². The Morgan fingerprint density at radius 3 is 0.886 bits per heavy atom. The van der Waals surface area contributed by atoms with Crippen molar-refractivity contribution in [1.82, 2.24) is 0 Å². The second kappa shape index (κ2) is 25.6. The number of para-hydroxylation sites is 3. The van der Waals surface area contributed by atoms with Crippen LogP contribution in [0.15, 0.2) is 401 Å². The van der Waals surface area contributed by atoms with Crippen LogP contribution in [0, 0.1) is 0 Å². The first kappa shape index (κ1) is 32.9. The normalized spacial score (nSPS) is 17.0. The van der Waals surface area contributed by atoms with E-state index in [1.807, 2.05) is 48.5 Å². The van der Waals surface area contributed by atoms with Crippen molar-refractivity contribution in [2.45, 2.75) is 0 Å². The second-order valence-electron chi connectivity index (χ2n) is 24.0. The van der Waals surface area contributed by atoms with Crippen LogP contribution in [0.2, 0.25) is 0 Å². The zero-order chi connectivity index (χ0) is 104. The van der Waals surface area contributed by atoms with Gasteiger partial charge < -0.3 is 13.3 Å². The second-order valence-corrected chi connectivity index (χ2v) is 24.0. The Kier molecular flexibility index (Phi) is 8.02. The van der Waals surface area contributed by atoms with Gasteiger partial charge in [0, 0.05) is 37.9 Å². The molecular formula is C102H64O3. The van der Waals surface area contributed by atoms with E-state index in [1.54, 1.807) is 97.1 Å². The minimum absolute atomic E-state index is 0.0107. The quantitative estimate of drug-likeness (QED) is 0.149.